The van der Waals surface area contributed by atoms with Crippen molar-refractivity contribution in [3.8, 4) is 11.3 Å². The smallest absolute Gasteiger partial charge is 0.306 e. The SMILES string of the molecule is FC(F)(F)c1ccccc1-c1csc(C2CSCCN2)n1. The number of hydrogen-bond donors (Lipinski definition) is 1. The third kappa shape index (κ3) is 3.25. The minimum Gasteiger partial charge on any atom is -0.306 e. The molecule has 21 heavy (non-hydrogen) atoms. The topological polar surface area (TPSA) is 24.9 Å². The van der Waals surface area contributed by atoms with Crippen molar-refractivity contribution in [2.24, 2.45) is 0 Å². The summed E-state index contributed by atoms with van der Waals surface area (Å²) in [6.45, 7) is 0.906. The monoisotopic (exact) mass is 330 g/mol. The van der Waals surface area contributed by atoms with E-state index in [0.29, 0.717) is 5.69 Å². The first-order valence-corrected chi connectivity index (χ1v) is 8.52. The van der Waals surface area contributed by atoms with Gasteiger partial charge in [0.15, 0.2) is 0 Å². The van der Waals surface area contributed by atoms with Gasteiger partial charge in [0.05, 0.1) is 17.3 Å². The van der Waals surface area contributed by atoms with Crippen molar-refractivity contribution in [2.75, 3.05) is 18.1 Å². The van der Waals surface area contributed by atoms with Crippen LogP contribution in [0.5, 0.6) is 0 Å². The highest BCUT2D eigenvalue weighted by Crippen LogP contribution is 2.38. The highest BCUT2D eigenvalue weighted by molar-refractivity contribution is 7.99. The van der Waals surface area contributed by atoms with Crippen LogP contribution in [0.4, 0.5) is 13.2 Å². The Hall–Kier alpha value is -1.05. The second-order valence-electron chi connectivity index (χ2n) is 4.70. The highest BCUT2D eigenvalue weighted by Gasteiger charge is 2.34. The van der Waals surface area contributed by atoms with E-state index in [0.717, 1.165) is 29.1 Å². The second-order valence-corrected chi connectivity index (χ2v) is 6.74. The molecule has 0 bridgehead atoms. The molecule has 1 aliphatic rings. The Bertz CT molecular complexity index is 619. The van der Waals surface area contributed by atoms with Gasteiger partial charge in [-0.2, -0.15) is 24.9 Å². The summed E-state index contributed by atoms with van der Waals surface area (Å²) in [6.07, 6.45) is -4.36. The number of aromatic nitrogens is 1. The van der Waals surface area contributed by atoms with Crippen molar-refractivity contribution in [3.05, 3.63) is 40.2 Å². The quantitative estimate of drug-likeness (QED) is 0.893. The van der Waals surface area contributed by atoms with E-state index in [-0.39, 0.29) is 11.6 Å². The van der Waals surface area contributed by atoms with Crippen LogP contribution in [0.15, 0.2) is 29.6 Å². The summed E-state index contributed by atoms with van der Waals surface area (Å²) in [5.41, 5.74) is -0.0795. The van der Waals surface area contributed by atoms with Crippen LogP contribution in [0.2, 0.25) is 0 Å². The number of halogens is 3. The van der Waals surface area contributed by atoms with Gasteiger partial charge >= 0.3 is 6.18 Å². The van der Waals surface area contributed by atoms with E-state index < -0.39 is 11.7 Å². The summed E-state index contributed by atoms with van der Waals surface area (Å²) >= 11 is 3.25. The highest BCUT2D eigenvalue weighted by atomic mass is 32.2. The first-order valence-electron chi connectivity index (χ1n) is 6.49. The number of hydrogen-bond acceptors (Lipinski definition) is 4. The third-order valence-electron chi connectivity index (χ3n) is 3.25. The average Bonchev–Trinajstić information content (AvgIpc) is 2.97. The molecule has 0 radical (unpaired) electrons. The van der Waals surface area contributed by atoms with Crippen molar-refractivity contribution >= 4 is 23.1 Å². The molecule has 1 unspecified atom stereocenters. The lowest BCUT2D eigenvalue weighted by molar-refractivity contribution is -0.137. The van der Waals surface area contributed by atoms with Crippen LogP contribution in [-0.2, 0) is 6.18 Å². The molecule has 1 fully saturated rings. The fourth-order valence-corrected chi connectivity index (χ4v) is 4.19. The molecule has 1 N–H and O–H groups in total. The Labute approximate surface area is 128 Å². The summed E-state index contributed by atoms with van der Waals surface area (Å²) in [7, 11) is 0. The van der Waals surface area contributed by atoms with Gasteiger partial charge in [0.1, 0.15) is 5.01 Å². The minimum absolute atomic E-state index is 0.139. The van der Waals surface area contributed by atoms with E-state index in [1.165, 1.54) is 23.5 Å². The molecule has 2 heterocycles. The molecule has 0 saturated carbocycles. The van der Waals surface area contributed by atoms with Crippen molar-refractivity contribution < 1.29 is 13.2 Å². The molecule has 1 aromatic heterocycles. The lowest BCUT2D eigenvalue weighted by atomic mass is 10.1. The van der Waals surface area contributed by atoms with Gasteiger partial charge in [-0.3, -0.25) is 0 Å². The maximum atomic E-state index is 13.1. The molecule has 1 aromatic carbocycles. The number of alkyl halides is 3. The zero-order valence-corrected chi connectivity index (χ0v) is 12.6. The maximum absolute atomic E-state index is 13.1. The van der Waals surface area contributed by atoms with Gasteiger partial charge in [-0.05, 0) is 6.07 Å². The van der Waals surface area contributed by atoms with Crippen LogP contribution < -0.4 is 5.32 Å². The van der Waals surface area contributed by atoms with E-state index in [4.69, 9.17) is 0 Å². The predicted octanol–water partition coefficient (Wildman–Crippen LogP) is 4.21. The van der Waals surface area contributed by atoms with E-state index in [1.807, 2.05) is 11.8 Å². The lowest BCUT2D eigenvalue weighted by Crippen LogP contribution is -2.30. The van der Waals surface area contributed by atoms with Crippen molar-refractivity contribution in [1.29, 1.82) is 0 Å². The molecule has 2 aromatic rings. The van der Waals surface area contributed by atoms with Gasteiger partial charge in [-0.1, -0.05) is 18.2 Å². The van der Waals surface area contributed by atoms with E-state index >= 15 is 0 Å². The van der Waals surface area contributed by atoms with E-state index in [9.17, 15) is 13.2 Å². The zero-order chi connectivity index (χ0) is 14.9. The maximum Gasteiger partial charge on any atom is 0.417 e. The van der Waals surface area contributed by atoms with Gasteiger partial charge in [-0.15, -0.1) is 11.3 Å². The molecule has 3 rings (SSSR count). The molecule has 112 valence electrons. The molecule has 0 amide bonds. The Morgan fingerprint density at radius 1 is 1.24 bits per heavy atom. The molecular weight excluding hydrogens is 317 g/mol. The van der Waals surface area contributed by atoms with Gasteiger partial charge in [-0.25, -0.2) is 4.98 Å². The third-order valence-corrected chi connectivity index (χ3v) is 5.27. The van der Waals surface area contributed by atoms with Crippen LogP contribution in [0.3, 0.4) is 0 Å². The number of thioether (sulfide) groups is 1. The van der Waals surface area contributed by atoms with Crippen LogP contribution in [0, 0.1) is 0 Å². The van der Waals surface area contributed by atoms with Crippen molar-refractivity contribution in [2.45, 2.75) is 12.2 Å². The number of benzene rings is 1. The first kappa shape index (κ1) is 14.9. The van der Waals surface area contributed by atoms with Gasteiger partial charge < -0.3 is 5.32 Å². The Morgan fingerprint density at radius 2 is 2.05 bits per heavy atom. The average molecular weight is 330 g/mol. The molecule has 2 nitrogen and oxygen atoms in total. The normalized spacial score (nSPS) is 19.7. The van der Waals surface area contributed by atoms with Crippen LogP contribution in [0.1, 0.15) is 16.6 Å². The zero-order valence-electron chi connectivity index (χ0n) is 11.0. The van der Waals surface area contributed by atoms with Crippen LogP contribution in [-0.4, -0.2) is 23.0 Å². The van der Waals surface area contributed by atoms with Crippen LogP contribution >= 0.6 is 23.1 Å². The molecule has 0 spiro atoms. The fraction of sp³-hybridized carbons (Fsp3) is 0.357. The van der Waals surface area contributed by atoms with Gasteiger partial charge in [0, 0.05) is 29.0 Å². The summed E-state index contributed by atoms with van der Waals surface area (Å²) in [4.78, 5) is 4.42. The van der Waals surface area contributed by atoms with Crippen molar-refractivity contribution in [3.63, 3.8) is 0 Å². The van der Waals surface area contributed by atoms with Crippen LogP contribution in [0.25, 0.3) is 11.3 Å². The molecule has 0 aliphatic carbocycles. The van der Waals surface area contributed by atoms with E-state index in [2.05, 4.69) is 10.3 Å². The predicted molar refractivity (Wildman–Crippen MR) is 80.6 cm³/mol. The Balaban J connectivity index is 1.93. The number of rotatable bonds is 2. The number of nitrogens with one attached hydrogen (secondary N) is 1. The van der Waals surface area contributed by atoms with Crippen molar-refractivity contribution in [1.82, 2.24) is 10.3 Å². The lowest BCUT2D eigenvalue weighted by Gasteiger charge is -2.20. The molecule has 7 heteroatoms. The molecule has 1 saturated heterocycles. The number of nitrogens with zero attached hydrogens (tertiary/aromatic N) is 1. The minimum atomic E-state index is -4.36. The fourth-order valence-electron chi connectivity index (χ4n) is 2.25. The summed E-state index contributed by atoms with van der Waals surface area (Å²) in [5, 5.41) is 5.91. The molecule has 1 atom stereocenters. The molecular formula is C14H13F3N2S2. The standard InChI is InChI=1S/C14H13F3N2S2/c15-14(16,17)10-4-2-1-3-9(10)11-8-21-13(19-11)12-7-20-6-5-18-12/h1-4,8,12,18H,5-7H2. The van der Waals surface area contributed by atoms with Gasteiger partial charge in [0.2, 0.25) is 0 Å². The van der Waals surface area contributed by atoms with Gasteiger partial charge in [0.25, 0.3) is 0 Å². The van der Waals surface area contributed by atoms with E-state index in [1.54, 1.807) is 11.4 Å². The molecule has 1 aliphatic heterocycles. The summed E-state index contributed by atoms with van der Waals surface area (Å²) in [5.74, 6) is 1.97. The summed E-state index contributed by atoms with van der Waals surface area (Å²) in [6, 6.07) is 5.73. The Kier molecular flexibility index (Phi) is 4.24. The Morgan fingerprint density at radius 3 is 2.76 bits per heavy atom. The number of thiazole rings is 1. The largest absolute Gasteiger partial charge is 0.417 e. The second kappa shape index (κ2) is 5.98. The first-order chi connectivity index (χ1) is 10.1. The summed E-state index contributed by atoms with van der Waals surface area (Å²) < 4.78 is 39.2.